The van der Waals surface area contributed by atoms with Gasteiger partial charge < -0.3 is 9.80 Å². The van der Waals surface area contributed by atoms with E-state index in [9.17, 15) is 25.0 Å². The van der Waals surface area contributed by atoms with Crippen LogP contribution in [0.2, 0.25) is 0 Å². The molecule has 0 N–H and O–H groups in total. The minimum absolute atomic E-state index is 0.0414. The van der Waals surface area contributed by atoms with Crippen molar-refractivity contribution in [3.05, 3.63) is 73.8 Å². The van der Waals surface area contributed by atoms with E-state index in [1.54, 1.807) is 4.90 Å². The third-order valence-corrected chi connectivity index (χ3v) is 4.59. The molecule has 0 bridgehead atoms. The predicted octanol–water partition coefficient (Wildman–Crippen LogP) is 2.77. The maximum atomic E-state index is 12.7. The van der Waals surface area contributed by atoms with Crippen molar-refractivity contribution in [1.29, 1.82) is 0 Å². The number of non-ortho nitro benzene ring substituents is 2. The van der Waals surface area contributed by atoms with Crippen LogP contribution in [0.1, 0.15) is 15.9 Å². The number of aryl methyl sites for hydroxylation is 1. The molecule has 140 valence electrons. The number of carbonyl (C=O) groups excluding carboxylic acids is 1. The summed E-state index contributed by atoms with van der Waals surface area (Å²) < 4.78 is 0. The van der Waals surface area contributed by atoms with E-state index in [1.807, 2.05) is 31.2 Å². The summed E-state index contributed by atoms with van der Waals surface area (Å²) in [4.78, 5) is 37.0. The molecule has 0 aliphatic carbocycles. The SMILES string of the molecule is Cc1ccccc1N1CCN(C(=O)c2cc([N+](=O)[O-])cc([N+](=O)[O-])c2)CC1. The fourth-order valence-electron chi connectivity index (χ4n) is 3.18. The van der Waals surface area contributed by atoms with Crippen molar-refractivity contribution in [3.8, 4) is 0 Å². The van der Waals surface area contributed by atoms with Crippen LogP contribution in [-0.4, -0.2) is 46.8 Å². The molecule has 1 amide bonds. The minimum Gasteiger partial charge on any atom is -0.368 e. The summed E-state index contributed by atoms with van der Waals surface area (Å²) in [5.74, 6) is -0.439. The number of rotatable bonds is 4. The van der Waals surface area contributed by atoms with Crippen LogP contribution < -0.4 is 4.90 Å². The second-order valence-electron chi connectivity index (χ2n) is 6.32. The lowest BCUT2D eigenvalue weighted by Crippen LogP contribution is -2.49. The standard InChI is InChI=1S/C18H18N4O5/c1-13-4-2-3-5-17(13)19-6-8-20(9-7-19)18(23)14-10-15(21(24)25)12-16(11-14)22(26)27/h2-5,10-12H,6-9H2,1H3. The van der Waals surface area contributed by atoms with Gasteiger partial charge in [0.1, 0.15) is 0 Å². The molecule has 9 heteroatoms. The number of anilines is 1. The maximum Gasteiger partial charge on any atom is 0.277 e. The van der Waals surface area contributed by atoms with Crippen molar-refractivity contribution < 1.29 is 14.6 Å². The summed E-state index contributed by atoms with van der Waals surface area (Å²) in [7, 11) is 0. The first kappa shape index (κ1) is 18.3. The molecule has 3 rings (SSSR count). The molecule has 0 aromatic heterocycles. The van der Waals surface area contributed by atoms with Crippen LogP contribution in [-0.2, 0) is 0 Å². The number of hydrogen-bond donors (Lipinski definition) is 0. The fraction of sp³-hybridized carbons (Fsp3) is 0.278. The van der Waals surface area contributed by atoms with Crippen LogP contribution in [0.15, 0.2) is 42.5 Å². The number of amides is 1. The summed E-state index contributed by atoms with van der Waals surface area (Å²) in [6.07, 6.45) is 0. The zero-order valence-corrected chi connectivity index (χ0v) is 14.7. The molecule has 0 unspecified atom stereocenters. The lowest BCUT2D eigenvalue weighted by atomic mass is 10.1. The molecular weight excluding hydrogens is 352 g/mol. The molecule has 1 aliphatic heterocycles. The van der Waals surface area contributed by atoms with E-state index >= 15 is 0 Å². The number of carbonyl (C=O) groups is 1. The summed E-state index contributed by atoms with van der Waals surface area (Å²) >= 11 is 0. The smallest absolute Gasteiger partial charge is 0.277 e. The number of piperazine rings is 1. The molecule has 1 heterocycles. The number of benzene rings is 2. The van der Waals surface area contributed by atoms with Gasteiger partial charge in [0.2, 0.25) is 0 Å². The maximum absolute atomic E-state index is 12.7. The highest BCUT2D eigenvalue weighted by atomic mass is 16.6. The van der Waals surface area contributed by atoms with Crippen LogP contribution in [0, 0.1) is 27.2 Å². The van der Waals surface area contributed by atoms with Crippen LogP contribution in [0.5, 0.6) is 0 Å². The van der Waals surface area contributed by atoms with Gasteiger partial charge in [0.15, 0.2) is 0 Å². The second kappa shape index (κ2) is 7.40. The Labute approximate surface area is 155 Å². The highest BCUT2D eigenvalue weighted by Gasteiger charge is 2.26. The highest BCUT2D eigenvalue weighted by Crippen LogP contribution is 2.25. The third-order valence-electron chi connectivity index (χ3n) is 4.59. The Bertz CT molecular complexity index is 874. The molecule has 1 aliphatic rings. The quantitative estimate of drug-likeness (QED) is 0.604. The van der Waals surface area contributed by atoms with E-state index in [-0.39, 0.29) is 5.56 Å². The Morgan fingerprint density at radius 1 is 0.926 bits per heavy atom. The van der Waals surface area contributed by atoms with E-state index in [2.05, 4.69) is 4.90 Å². The summed E-state index contributed by atoms with van der Waals surface area (Å²) in [5, 5.41) is 22.0. The van der Waals surface area contributed by atoms with Gasteiger partial charge in [-0.1, -0.05) is 18.2 Å². The molecule has 0 saturated carbocycles. The molecule has 0 spiro atoms. The monoisotopic (exact) mass is 370 g/mol. The van der Waals surface area contributed by atoms with Gasteiger partial charge >= 0.3 is 0 Å². The van der Waals surface area contributed by atoms with Gasteiger partial charge in [-0.15, -0.1) is 0 Å². The second-order valence-corrected chi connectivity index (χ2v) is 6.32. The molecule has 2 aromatic rings. The Balaban J connectivity index is 1.77. The largest absolute Gasteiger partial charge is 0.368 e. The molecule has 27 heavy (non-hydrogen) atoms. The van der Waals surface area contributed by atoms with Crippen molar-refractivity contribution in [2.75, 3.05) is 31.1 Å². The van der Waals surface area contributed by atoms with Gasteiger partial charge in [-0.3, -0.25) is 25.0 Å². The number of para-hydroxylation sites is 1. The number of nitrogens with zero attached hydrogens (tertiary/aromatic N) is 4. The van der Waals surface area contributed by atoms with Crippen molar-refractivity contribution in [1.82, 2.24) is 4.90 Å². The normalized spacial score (nSPS) is 14.1. The first-order valence-electron chi connectivity index (χ1n) is 8.40. The minimum atomic E-state index is -0.736. The van der Waals surface area contributed by atoms with Crippen LogP contribution in [0.25, 0.3) is 0 Å². The van der Waals surface area contributed by atoms with Gasteiger partial charge in [0, 0.05) is 44.0 Å². The molecule has 1 saturated heterocycles. The van der Waals surface area contributed by atoms with Crippen molar-refractivity contribution in [3.63, 3.8) is 0 Å². The molecule has 0 radical (unpaired) electrons. The summed E-state index contributed by atoms with van der Waals surface area (Å²) in [6, 6.07) is 11.0. The van der Waals surface area contributed by atoms with Crippen molar-refractivity contribution in [2.24, 2.45) is 0 Å². The van der Waals surface area contributed by atoms with Crippen LogP contribution in [0.4, 0.5) is 17.1 Å². The lowest BCUT2D eigenvalue weighted by molar-refractivity contribution is -0.394. The summed E-state index contributed by atoms with van der Waals surface area (Å²) in [6.45, 7) is 4.13. The van der Waals surface area contributed by atoms with E-state index in [0.717, 1.165) is 29.4 Å². The van der Waals surface area contributed by atoms with Gasteiger partial charge in [0.25, 0.3) is 17.3 Å². The number of nitro benzene ring substituents is 2. The van der Waals surface area contributed by atoms with Crippen LogP contribution in [0.3, 0.4) is 0 Å². The van der Waals surface area contributed by atoms with Gasteiger partial charge in [-0.2, -0.15) is 0 Å². The Hall–Kier alpha value is -3.49. The highest BCUT2D eigenvalue weighted by molar-refractivity contribution is 5.95. The Kier molecular flexibility index (Phi) is 5.02. The molecule has 0 atom stereocenters. The first-order chi connectivity index (χ1) is 12.9. The average Bonchev–Trinajstić information content (AvgIpc) is 2.67. The Morgan fingerprint density at radius 2 is 1.48 bits per heavy atom. The molecular formula is C18H18N4O5. The number of nitro groups is 2. The molecule has 2 aromatic carbocycles. The van der Waals surface area contributed by atoms with Crippen molar-refractivity contribution in [2.45, 2.75) is 6.92 Å². The lowest BCUT2D eigenvalue weighted by Gasteiger charge is -2.36. The van der Waals surface area contributed by atoms with Gasteiger partial charge in [-0.25, -0.2) is 0 Å². The third kappa shape index (κ3) is 3.86. The zero-order valence-electron chi connectivity index (χ0n) is 14.7. The predicted molar refractivity (Wildman–Crippen MR) is 99.0 cm³/mol. The van der Waals surface area contributed by atoms with E-state index < -0.39 is 27.1 Å². The van der Waals surface area contributed by atoms with Gasteiger partial charge in [-0.05, 0) is 18.6 Å². The molecule has 9 nitrogen and oxygen atoms in total. The average molecular weight is 370 g/mol. The molecule has 1 fully saturated rings. The zero-order chi connectivity index (χ0) is 19.6. The van der Waals surface area contributed by atoms with Crippen LogP contribution >= 0.6 is 0 Å². The first-order valence-corrected chi connectivity index (χ1v) is 8.40. The fourth-order valence-corrected chi connectivity index (χ4v) is 3.18. The van der Waals surface area contributed by atoms with E-state index in [0.29, 0.717) is 26.2 Å². The van der Waals surface area contributed by atoms with E-state index in [4.69, 9.17) is 0 Å². The van der Waals surface area contributed by atoms with Crippen molar-refractivity contribution >= 4 is 23.0 Å². The number of hydrogen-bond acceptors (Lipinski definition) is 6. The van der Waals surface area contributed by atoms with E-state index in [1.165, 1.54) is 0 Å². The summed E-state index contributed by atoms with van der Waals surface area (Å²) in [5.41, 5.74) is 1.28. The Morgan fingerprint density at radius 3 is 2.00 bits per heavy atom. The van der Waals surface area contributed by atoms with Gasteiger partial charge in [0.05, 0.1) is 21.5 Å². The topological polar surface area (TPSA) is 110 Å².